The number of rotatable bonds is 3. The first-order chi connectivity index (χ1) is 15.5. The van der Waals surface area contributed by atoms with Gasteiger partial charge in [-0.2, -0.15) is 5.10 Å². The molecule has 164 valence electrons. The van der Waals surface area contributed by atoms with E-state index in [4.69, 9.17) is 21.1 Å². The fraction of sp³-hybridized carbons (Fsp3) is 0.273. The van der Waals surface area contributed by atoms with Crippen LogP contribution in [0.3, 0.4) is 0 Å². The molecule has 0 radical (unpaired) electrons. The van der Waals surface area contributed by atoms with Gasteiger partial charge in [0.2, 0.25) is 0 Å². The number of ether oxygens (including phenoxy) is 2. The van der Waals surface area contributed by atoms with Gasteiger partial charge in [-0.15, -0.1) is 0 Å². The summed E-state index contributed by atoms with van der Waals surface area (Å²) in [7, 11) is 0. The molecule has 4 heterocycles. The topological polar surface area (TPSA) is 89.8 Å². The summed E-state index contributed by atoms with van der Waals surface area (Å²) in [5.41, 5.74) is 0.113. The molecule has 1 atom stereocenters. The Balaban J connectivity index is 1.35. The van der Waals surface area contributed by atoms with E-state index in [0.29, 0.717) is 35.2 Å². The van der Waals surface area contributed by atoms with Gasteiger partial charge in [-0.05, 0) is 36.4 Å². The Labute approximate surface area is 189 Å². The molecule has 0 saturated carbocycles. The number of nitrogens with zero attached hydrogens (tertiary/aromatic N) is 5. The van der Waals surface area contributed by atoms with Crippen molar-refractivity contribution in [2.24, 2.45) is 0 Å². The number of carbonyl (C=O) groups excluding carboxylic acids is 2. The Kier molecular flexibility index (Phi) is 5.28. The molecule has 9 nitrogen and oxygen atoms in total. The van der Waals surface area contributed by atoms with Crippen LogP contribution in [0.2, 0.25) is 5.02 Å². The smallest absolute Gasteiger partial charge is 0.415 e. The highest BCUT2D eigenvalue weighted by Gasteiger charge is 2.49. The molecule has 2 aliphatic heterocycles. The summed E-state index contributed by atoms with van der Waals surface area (Å²) in [6.45, 7) is 1.41. The van der Waals surface area contributed by atoms with E-state index in [-0.39, 0.29) is 25.6 Å². The second-order valence-electron chi connectivity index (χ2n) is 7.75. The highest BCUT2D eigenvalue weighted by molar-refractivity contribution is 6.30. The zero-order chi connectivity index (χ0) is 22.1. The molecule has 2 amide bonds. The van der Waals surface area contributed by atoms with Crippen LogP contribution in [0.15, 0.2) is 61.1 Å². The van der Waals surface area contributed by atoms with Crippen LogP contribution in [0.1, 0.15) is 10.4 Å². The van der Waals surface area contributed by atoms with E-state index >= 15 is 0 Å². The Morgan fingerprint density at radius 1 is 1.16 bits per heavy atom. The maximum atomic E-state index is 13.2. The number of aromatic nitrogens is 3. The standard InChI is InChI=1S/C22H20ClN5O4/c23-17-3-1-4-18(11-17)27-14-22(32-21(27)30)13-26(9-10-31-15-22)20(29)16-5-6-19(24-12-16)28-8-2-7-25-28/h1-8,11-12H,9-10,13-15H2. The number of amides is 2. The minimum absolute atomic E-state index is 0.202. The summed E-state index contributed by atoms with van der Waals surface area (Å²) in [6, 6.07) is 12.3. The monoisotopic (exact) mass is 453 g/mol. The van der Waals surface area contributed by atoms with Gasteiger partial charge in [0.1, 0.15) is 0 Å². The molecular formula is C22H20ClN5O4. The third kappa shape index (κ3) is 3.92. The number of benzene rings is 1. The lowest BCUT2D eigenvalue weighted by atomic mass is 10.0. The number of hydrogen-bond donors (Lipinski definition) is 0. The minimum Gasteiger partial charge on any atom is -0.436 e. The van der Waals surface area contributed by atoms with Crippen molar-refractivity contribution < 1.29 is 19.1 Å². The summed E-state index contributed by atoms with van der Waals surface area (Å²) in [5.74, 6) is 0.413. The van der Waals surface area contributed by atoms with Crippen molar-refractivity contribution in [2.45, 2.75) is 5.60 Å². The van der Waals surface area contributed by atoms with Gasteiger partial charge in [0.05, 0.1) is 31.9 Å². The van der Waals surface area contributed by atoms with Gasteiger partial charge in [0.25, 0.3) is 5.91 Å². The number of pyridine rings is 1. The Hall–Kier alpha value is -3.43. The molecule has 3 aromatic rings. The number of halogens is 1. The summed E-state index contributed by atoms with van der Waals surface area (Å²) in [4.78, 5) is 33.4. The molecule has 2 aliphatic rings. The third-order valence-electron chi connectivity index (χ3n) is 5.46. The first kappa shape index (κ1) is 20.5. The van der Waals surface area contributed by atoms with E-state index in [1.165, 1.54) is 11.1 Å². The number of carbonyl (C=O) groups is 2. The Morgan fingerprint density at radius 2 is 2.06 bits per heavy atom. The van der Waals surface area contributed by atoms with E-state index in [9.17, 15) is 9.59 Å². The van der Waals surface area contributed by atoms with Crippen LogP contribution >= 0.6 is 11.6 Å². The zero-order valence-electron chi connectivity index (χ0n) is 17.1. The van der Waals surface area contributed by atoms with E-state index in [1.54, 1.807) is 64.4 Å². The van der Waals surface area contributed by atoms with E-state index < -0.39 is 11.7 Å². The van der Waals surface area contributed by atoms with Crippen LogP contribution in [0.5, 0.6) is 0 Å². The molecule has 5 rings (SSSR count). The molecule has 1 aromatic carbocycles. The summed E-state index contributed by atoms with van der Waals surface area (Å²) < 4.78 is 13.1. The third-order valence-corrected chi connectivity index (χ3v) is 5.70. The van der Waals surface area contributed by atoms with Crippen LogP contribution in [0.4, 0.5) is 10.5 Å². The maximum Gasteiger partial charge on any atom is 0.415 e. The fourth-order valence-corrected chi connectivity index (χ4v) is 4.12. The highest BCUT2D eigenvalue weighted by atomic mass is 35.5. The molecule has 0 bridgehead atoms. The molecule has 2 aromatic heterocycles. The van der Waals surface area contributed by atoms with Crippen molar-refractivity contribution in [3.63, 3.8) is 0 Å². The molecule has 1 unspecified atom stereocenters. The normalized spacial score (nSPS) is 21.0. The van der Waals surface area contributed by atoms with Crippen molar-refractivity contribution in [1.29, 1.82) is 0 Å². The van der Waals surface area contributed by atoms with Gasteiger partial charge >= 0.3 is 6.09 Å². The van der Waals surface area contributed by atoms with E-state index in [0.717, 1.165) is 0 Å². The van der Waals surface area contributed by atoms with Crippen LogP contribution < -0.4 is 4.90 Å². The maximum absolute atomic E-state index is 13.2. The second-order valence-corrected chi connectivity index (χ2v) is 8.19. The predicted octanol–water partition coefficient (Wildman–Crippen LogP) is 2.79. The van der Waals surface area contributed by atoms with Gasteiger partial charge in [-0.25, -0.2) is 14.5 Å². The van der Waals surface area contributed by atoms with Gasteiger partial charge in [-0.3, -0.25) is 9.69 Å². The van der Waals surface area contributed by atoms with Gasteiger partial charge in [-0.1, -0.05) is 17.7 Å². The average molecular weight is 454 g/mol. The van der Waals surface area contributed by atoms with E-state index in [2.05, 4.69) is 10.1 Å². The van der Waals surface area contributed by atoms with E-state index in [1.807, 2.05) is 0 Å². The molecule has 1 spiro atoms. The minimum atomic E-state index is -0.964. The fourth-order valence-electron chi connectivity index (χ4n) is 3.94. The van der Waals surface area contributed by atoms with Crippen LogP contribution in [-0.4, -0.2) is 70.1 Å². The van der Waals surface area contributed by atoms with Crippen molar-refractivity contribution in [3.05, 3.63) is 71.6 Å². The van der Waals surface area contributed by atoms with Gasteiger partial charge < -0.3 is 14.4 Å². The lowest BCUT2D eigenvalue weighted by Gasteiger charge is -2.29. The molecule has 2 fully saturated rings. The van der Waals surface area contributed by atoms with Crippen molar-refractivity contribution in [3.8, 4) is 5.82 Å². The zero-order valence-corrected chi connectivity index (χ0v) is 17.8. The van der Waals surface area contributed by atoms with Crippen molar-refractivity contribution >= 4 is 29.3 Å². The van der Waals surface area contributed by atoms with Gasteiger partial charge in [0.15, 0.2) is 11.4 Å². The lowest BCUT2D eigenvalue weighted by Crippen LogP contribution is -2.49. The van der Waals surface area contributed by atoms with Crippen molar-refractivity contribution in [1.82, 2.24) is 19.7 Å². The van der Waals surface area contributed by atoms with Crippen molar-refractivity contribution in [2.75, 3.05) is 37.7 Å². The SMILES string of the molecule is O=C(c1ccc(-n2cccn2)nc1)N1CCOCC2(C1)CN(c1cccc(Cl)c1)C(=O)O2. The van der Waals surface area contributed by atoms with Crippen LogP contribution in [-0.2, 0) is 9.47 Å². The van der Waals surface area contributed by atoms with Crippen LogP contribution in [0.25, 0.3) is 5.82 Å². The highest BCUT2D eigenvalue weighted by Crippen LogP contribution is 2.32. The first-order valence-corrected chi connectivity index (χ1v) is 10.5. The molecule has 0 aliphatic carbocycles. The predicted molar refractivity (Wildman–Crippen MR) is 116 cm³/mol. The largest absolute Gasteiger partial charge is 0.436 e. The molecule has 10 heteroatoms. The lowest BCUT2D eigenvalue weighted by molar-refractivity contribution is -0.0140. The number of anilines is 1. The molecule has 2 saturated heterocycles. The number of hydrogen-bond acceptors (Lipinski definition) is 6. The first-order valence-electron chi connectivity index (χ1n) is 10.1. The average Bonchev–Trinajstić information content (AvgIpc) is 3.39. The Morgan fingerprint density at radius 3 is 2.81 bits per heavy atom. The summed E-state index contributed by atoms with van der Waals surface area (Å²) in [6.07, 6.45) is 4.47. The quantitative estimate of drug-likeness (QED) is 0.605. The van der Waals surface area contributed by atoms with Crippen LogP contribution in [0, 0.1) is 0 Å². The molecule has 0 N–H and O–H groups in total. The second kappa shape index (κ2) is 8.25. The summed E-state index contributed by atoms with van der Waals surface area (Å²) >= 11 is 6.08. The van der Waals surface area contributed by atoms with Gasteiger partial charge in [0, 0.05) is 35.8 Å². The Bertz CT molecular complexity index is 1140. The summed E-state index contributed by atoms with van der Waals surface area (Å²) in [5, 5.41) is 4.66. The molecular weight excluding hydrogens is 434 g/mol. The molecule has 32 heavy (non-hydrogen) atoms.